The van der Waals surface area contributed by atoms with E-state index in [1.807, 2.05) is 6.92 Å². The number of carbonyl (C=O) groups is 2. The predicted octanol–water partition coefficient (Wildman–Crippen LogP) is 1.82. The minimum Gasteiger partial charge on any atom is -0.481 e. The molecule has 76 valence electrons. The van der Waals surface area contributed by atoms with Gasteiger partial charge in [0.05, 0.1) is 6.26 Å². The van der Waals surface area contributed by atoms with Gasteiger partial charge in [0.2, 0.25) is 0 Å². The maximum atomic E-state index is 11.1. The van der Waals surface area contributed by atoms with Crippen LogP contribution in [0.4, 0.5) is 0 Å². The average molecular weight is 196 g/mol. The largest absolute Gasteiger partial charge is 0.481 e. The van der Waals surface area contributed by atoms with Crippen LogP contribution in [0.5, 0.6) is 0 Å². The lowest BCUT2D eigenvalue weighted by molar-refractivity contribution is -0.140. The first-order valence-corrected chi connectivity index (χ1v) is 4.36. The van der Waals surface area contributed by atoms with Crippen molar-refractivity contribution >= 4 is 11.8 Å². The van der Waals surface area contributed by atoms with Gasteiger partial charge in [-0.15, -0.1) is 0 Å². The van der Waals surface area contributed by atoms with Crippen LogP contribution in [0.1, 0.15) is 31.4 Å². The highest BCUT2D eigenvalue weighted by Gasteiger charge is 2.15. The third-order valence-electron chi connectivity index (χ3n) is 1.91. The van der Waals surface area contributed by atoms with Gasteiger partial charge in [0.1, 0.15) is 18.0 Å². The van der Waals surface area contributed by atoms with Crippen LogP contribution in [0, 0.1) is 0 Å². The number of carbonyl (C=O) groups excluding carboxylic acids is 1. The summed E-state index contributed by atoms with van der Waals surface area (Å²) in [6.45, 7) is 1.83. The summed E-state index contributed by atoms with van der Waals surface area (Å²) in [6, 6.07) is 3.52. The van der Waals surface area contributed by atoms with E-state index in [-0.39, 0.29) is 18.1 Å². The first-order valence-electron chi connectivity index (χ1n) is 4.36. The number of hydrogen-bond acceptors (Lipinski definition) is 3. The Balaban J connectivity index is 2.45. The van der Waals surface area contributed by atoms with E-state index in [9.17, 15) is 9.59 Å². The monoisotopic (exact) mass is 196 g/mol. The summed E-state index contributed by atoms with van der Waals surface area (Å²) in [5, 5.41) is 8.38. The minimum absolute atomic E-state index is 0.0585. The molecule has 0 radical (unpaired) electrons. The second-order valence-electron chi connectivity index (χ2n) is 3.23. The number of furan rings is 1. The molecule has 1 atom stereocenters. The van der Waals surface area contributed by atoms with Gasteiger partial charge in [-0.1, -0.05) is 6.92 Å². The highest BCUT2D eigenvalue weighted by molar-refractivity contribution is 5.94. The molecule has 0 fully saturated rings. The first-order chi connectivity index (χ1) is 6.59. The SMILES string of the molecule is CC(CC(=O)CC(=O)O)c1ccco1. The molecule has 0 saturated carbocycles. The van der Waals surface area contributed by atoms with Crippen molar-refractivity contribution in [2.75, 3.05) is 0 Å². The lowest BCUT2D eigenvalue weighted by atomic mass is 10.0. The Morgan fingerprint density at radius 2 is 2.29 bits per heavy atom. The summed E-state index contributed by atoms with van der Waals surface area (Å²) in [5.74, 6) is -0.705. The van der Waals surface area contributed by atoms with Crippen LogP contribution in [0.15, 0.2) is 22.8 Å². The van der Waals surface area contributed by atoms with Gasteiger partial charge in [0, 0.05) is 12.3 Å². The maximum Gasteiger partial charge on any atom is 0.310 e. The summed E-state index contributed by atoms with van der Waals surface area (Å²) >= 11 is 0. The number of rotatable bonds is 5. The van der Waals surface area contributed by atoms with Crippen molar-refractivity contribution in [1.29, 1.82) is 0 Å². The third-order valence-corrected chi connectivity index (χ3v) is 1.91. The molecule has 14 heavy (non-hydrogen) atoms. The molecule has 4 nitrogen and oxygen atoms in total. The Morgan fingerprint density at radius 1 is 1.57 bits per heavy atom. The molecule has 0 aromatic carbocycles. The zero-order valence-corrected chi connectivity index (χ0v) is 7.90. The number of aliphatic carboxylic acids is 1. The molecular weight excluding hydrogens is 184 g/mol. The fourth-order valence-corrected chi connectivity index (χ4v) is 1.25. The number of hydrogen-bond donors (Lipinski definition) is 1. The quantitative estimate of drug-likeness (QED) is 0.729. The van der Waals surface area contributed by atoms with Gasteiger partial charge in [-0.2, -0.15) is 0 Å². The van der Waals surface area contributed by atoms with Crippen molar-refractivity contribution in [3.05, 3.63) is 24.2 Å². The van der Waals surface area contributed by atoms with E-state index in [2.05, 4.69) is 0 Å². The smallest absolute Gasteiger partial charge is 0.310 e. The van der Waals surface area contributed by atoms with Crippen molar-refractivity contribution in [1.82, 2.24) is 0 Å². The number of carboxylic acid groups (broad SMARTS) is 1. The molecule has 1 rings (SSSR count). The molecule has 0 spiro atoms. The standard InChI is InChI=1S/C10H12O4/c1-7(9-3-2-4-14-9)5-8(11)6-10(12)13/h2-4,7H,5-6H2,1H3,(H,12,13). The van der Waals surface area contributed by atoms with E-state index in [1.165, 1.54) is 6.26 Å². The van der Waals surface area contributed by atoms with Crippen LogP contribution in [-0.2, 0) is 9.59 Å². The minimum atomic E-state index is -1.08. The van der Waals surface area contributed by atoms with Crippen molar-refractivity contribution < 1.29 is 19.1 Å². The Labute approximate surface area is 81.5 Å². The zero-order valence-electron chi connectivity index (χ0n) is 7.90. The summed E-state index contributed by atoms with van der Waals surface area (Å²) in [4.78, 5) is 21.4. The molecule has 0 amide bonds. The van der Waals surface area contributed by atoms with Gasteiger partial charge < -0.3 is 9.52 Å². The molecule has 1 unspecified atom stereocenters. The van der Waals surface area contributed by atoms with Crippen LogP contribution >= 0.6 is 0 Å². The van der Waals surface area contributed by atoms with Gasteiger partial charge in [-0.05, 0) is 12.1 Å². The Hall–Kier alpha value is -1.58. The van der Waals surface area contributed by atoms with E-state index in [0.29, 0.717) is 5.76 Å². The van der Waals surface area contributed by atoms with E-state index >= 15 is 0 Å². The van der Waals surface area contributed by atoms with Crippen molar-refractivity contribution in [2.24, 2.45) is 0 Å². The fraction of sp³-hybridized carbons (Fsp3) is 0.400. The van der Waals surface area contributed by atoms with Crippen LogP contribution in [0.2, 0.25) is 0 Å². The molecule has 1 aromatic heterocycles. The van der Waals surface area contributed by atoms with Crippen molar-refractivity contribution in [3.8, 4) is 0 Å². The van der Waals surface area contributed by atoms with Gasteiger partial charge in [0.25, 0.3) is 0 Å². The second-order valence-corrected chi connectivity index (χ2v) is 3.23. The van der Waals surface area contributed by atoms with E-state index < -0.39 is 12.4 Å². The van der Waals surface area contributed by atoms with Gasteiger partial charge in [-0.3, -0.25) is 9.59 Å². The van der Waals surface area contributed by atoms with Crippen LogP contribution < -0.4 is 0 Å². The molecule has 4 heteroatoms. The summed E-state index contributed by atoms with van der Waals surface area (Å²) in [5.41, 5.74) is 0. The lowest BCUT2D eigenvalue weighted by Gasteiger charge is -2.05. The number of ketones is 1. The summed E-state index contributed by atoms with van der Waals surface area (Å²) < 4.78 is 5.10. The molecule has 0 saturated heterocycles. The van der Waals surface area contributed by atoms with Crippen LogP contribution in [0.3, 0.4) is 0 Å². The van der Waals surface area contributed by atoms with E-state index in [0.717, 1.165) is 0 Å². The van der Waals surface area contributed by atoms with Gasteiger partial charge in [0.15, 0.2) is 0 Å². The summed E-state index contributed by atoms with van der Waals surface area (Å²) in [7, 11) is 0. The Kier molecular flexibility index (Phi) is 3.45. The van der Waals surface area contributed by atoms with E-state index in [1.54, 1.807) is 12.1 Å². The fourth-order valence-electron chi connectivity index (χ4n) is 1.25. The van der Waals surface area contributed by atoms with Crippen LogP contribution in [-0.4, -0.2) is 16.9 Å². The van der Waals surface area contributed by atoms with Gasteiger partial charge >= 0.3 is 5.97 Å². The molecule has 1 N–H and O–H groups in total. The molecular formula is C10H12O4. The molecule has 0 aliphatic carbocycles. The maximum absolute atomic E-state index is 11.1. The van der Waals surface area contributed by atoms with Gasteiger partial charge in [-0.25, -0.2) is 0 Å². The van der Waals surface area contributed by atoms with Crippen molar-refractivity contribution in [2.45, 2.75) is 25.7 Å². The van der Waals surface area contributed by atoms with Crippen molar-refractivity contribution in [3.63, 3.8) is 0 Å². The molecule has 0 bridgehead atoms. The predicted molar refractivity (Wildman–Crippen MR) is 49.0 cm³/mol. The molecule has 0 aliphatic rings. The van der Waals surface area contributed by atoms with E-state index in [4.69, 9.17) is 9.52 Å². The normalized spacial score (nSPS) is 12.4. The molecule has 0 aliphatic heterocycles. The topological polar surface area (TPSA) is 67.5 Å². The molecule has 1 aromatic rings. The summed E-state index contributed by atoms with van der Waals surface area (Å²) in [6.07, 6.45) is 1.33. The number of carboxylic acids is 1. The number of Topliss-reactive ketones (excluding diaryl/α,β-unsaturated/α-hetero) is 1. The lowest BCUT2D eigenvalue weighted by Crippen LogP contribution is -2.09. The second kappa shape index (κ2) is 4.60. The molecule has 1 heterocycles. The average Bonchev–Trinajstić information content (AvgIpc) is 2.53. The Bertz CT molecular complexity index is 313. The Morgan fingerprint density at radius 3 is 2.79 bits per heavy atom. The third kappa shape index (κ3) is 3.05. The highest BCUT2D eigenvalue weighted by atomic mass is 16.4. The highest BCUT2D eigenvalue weighted by Crippen LogP contribution is 2.19. The van der Waals surface area contributed by atoms with Crippen LogP contribution in [0.25, 0.3) is 0 Å². The first kappa shape index (κ1) is 10.5. The zero-order chi connectivity index (χ0) is 10.6.